The van der Waals surface area contributed by atoms with Crippen molar-refractivity contribution in [1.29, 1.82) is 0 Å². The summed E-state index contributed by atoms with van der Waals surface area (Å²) in [5, 5.41) is 3.00. The third-order valence-electron chi connectivity index (χ3n) is 2.02. The van der Waals surface area contributed by atoms with Gasteiger partial charge < -0.3 is 10.1 Å². The van der Waals surface area contributed by atoms with E-state index in [4.69, 9.17) is 4.74 Å². The number of ether oxygens (including phenoxy) is 1. The van der Waals surface area contributed by atoms with Crippen LogP contribution in [0.4, 0.5) is 10.2 Å². The van der Waals surface area contributed by atoms with Crippen LogP contribution in [0.15, 0.2) is 36.7 Å². The van der Waals surface area contributed by atoms with Crippen molar-refractivity contribution in [3.05, 3.63) is 42.5 Å². The Morgan fingerprint density at radius 1 is 1.29 bits per heavy atom. The van der Waals surface area contributed by atoms with Crippen LogP contribution in [0.5, 0.6) is 11.6 Å². The lowest BCUT2D eigenvalue weighted by Gasteiger charge is -2.07. The molecular weight excluding hydrogens is 221 g/mol. The number of hydrogen-bond donors (Lipinski definition) is 1. The maximum absolute atomic E-state index is 13.3. The van der Waals surface area contributed by atoms with Crippen LogP contribution >= 0.6 is 0 Å². The number of halogens is 1. The molecule has 5 heteroatoms. The number of anilines is 1. The summed E-state index contributed by atoms with van der Waals surface area (Å²) >= 11 is 0. The van der Waals surface area contributed by atoms with Crippen LogP contribution in [-0.2, 0) is 0 Å². The molecule has 0 aliphatic heterocycles. The van der Waals surface area contributed by atoms with Gasteiger partial charge in [-0.25, -0.2) is 4.39 Å². The molecule has 0 saturated heterocycles. The van der Waals surface area contributed by atoms with Crippen LogP contribution in [0, 0.1) is 5.82 Å². The predicted molar refractivity (Wildman–Crippen MR) is 62.7 cm³/mol. The fourth-order valence-corrected chi connectivity index (χ4v) is 1.30. The Balaban J connectivity index is 2.18. The molecule has 0 unspecified atom stereocenters. The highest BCUT2D eigenvalue weighted by Crippen LogP contribution is 2.22. The van der Waals surface area contributed by atoms with Gasteiger partial charge in [-0.1, -0.05) is 12.1 Å². The van der Waals surface area contributed by atoms with Gasteiger partial charge in [0, 0.05) is 6.54 Å². The molecule has 0 amide bonds. The minimum absolute atomic E-state index is 0.135. The van der Waals surface area contributed by atoms with Crippen LogP contribution in [0.1, 0.15) is 6.92 Å². The minimum Gasteiger partial charge on any atom is -0.434 e. The topological polar surface area (TPSA) is 47.0 Å². The van der Waals surface area contributed by atoms with Crippen molar-refractivity contribution in [1.82, 2.24) is 9.97 Å². The monoisotopic (exact) mass is 233 g/mol. The first kappa shape index (κ1) is 11.3. The van der Waals surface area contributed by atoms with E-state index in [9.17, 15) is 4.39 Å². The number of benzene rings is 1. The van der Waals surface area contributed by atoms with Gasteiger partial charge in [0.05, 0.1) is 12.4 Å². The van der Waals surface area contributed by atoms with Crippen molar-refractivity contribution in [2.75, 3.05) is 11.9 Å². The Hall–Kier alpha value is -2.17. The zero-order valence-electron chi connectivity index (χ0n) is 9.35. The second-order valence-corrected chi connectivity index (χ2v) is 3.31. The molecule has 0 fully saturated rings. The van der Waals surface area contributed by atoms with Crippen LogP contribution in [0.2, 0.25) is 0 Å². The third kappa shape index (κ3) is 2.90. The van der Waals surface area contributed by atoms with Crippen molar-refractivity contribution in [2.24, 2.45) is 0 Å². The first-order valence-corrected chi connectivity index (χ1v) is 5.28. The molecule has 1 aromatic carbocycles. The summed E-state index contributed by atoms with van der Waals surface area (Å²) in [6.45, 7) is 2.68. The highest BCUT2D eigenvalue weighted by atomic mass is 19.1. The Morgan fingerprint density at radius 2 is 2.12 bits per heavy atom. The highest BCUT2D eigenvalue weighted by molar-refractivity contribution is 5.35. The summed E-state index contributed by atoms with van der Waals surface area (Å²) in [5.41, 5.74) is 0. The Morgan fingerprint density at radius 3 is 2.88 bits per heavy atom. The van der Waals surface area contributed by atoms with Gasteiger partial charge in [-0.2, -0.15) is 4.98 Å². The molecule has 0 atom stereocenters. The Bertz CT molecular complexity index is 505. The van der Waals surface area contributed by atoms with E-state index >= 15 is 0 Å². The summed E-state index contributed by atoms with van der Waals surface area (Å²) in [4.78, 5) is 8.09. The summed E-state index contributed by atoms with van der Waals surface area (Å²) in [6.07, 6.45) is 3.02. The molecule has 4 nitrogen and oxygen atoms in total. The summed E-state index contributed by atoms with van der Waals surface area (Å²) in [5.74, 6) is 0.563. The number of para-hydroxylation sites is 1. The molecule has 1 heterocycles. The molecule has 0 radical (unpaired) electrons. The molecule has 0 saturated carbocycles. The molecular formula is C12H12FN3O. The normalized spacial score (nSPS) is 10.0. The Labute approximate surface area is 98.5 Å². The van der Waals surface area contributed by atoms with Crippen molar-refractivity contribution in [3.63, 3.8) is 0 Å². The second-order valence-electron chi connectivity index (χ2n) is 3.31. The van der Waals surface area contributed by atoms with Crippen LogP contribution < -0.4 is 10.1 Å². The van der Waals surface area contributed by atoms with Crippen molar-refractivity contribution >= 4 is 5.82 Å². The van der Waals surface area contributed by atoms with Crippen LogP contribution in [0.3, 0.4) is 0 Å². The molecule has 88 valence electrons. The maximum Gasteiger partial charge on any atom is 0.239 e. The lowest BCUT2D eigenvalue weighted by molar-refractivity contribution is 0.426. The van der Waals surface area contributed by atoms with Gasteiger partial charge in [0.1, 0.15) is 5.82 Å². The standard InChI is InChI=1S/C12H12FN3O/c1-2-15-11-7-14-8-12(16-11)17-10-6-4-3-5-9(10)13/h3-8H,2H2,1H3,(H,15,16). The van der Waals surface area contributed by atoms with Crippen molar-refractivity contribution in [2.45, 2.75) is 6.92 Å². The molecule has 1 aromatic heterocycles. The minimum atomic E-state index is -0.428. The third-order valence-corrected chi connectivity index (χ3v) is 2.02. The number of nitrogens with zero attached hydrogens (tertiary/aromatic N) is 2. The molecule has 1 N–H and O–H groups in total. The van der Waals surface area contributed by atoms with Crippen LogP contribution in [-0.4, -0.2) is 16.5 Å². The van der Waals surface area contributed by atoms with Gasteiger partial charge in [-0.3, -0.25) is 4.98 Å². The molecule has 17 heavy (non-hydrogen) atoms. The molecule has 2 rings (SSSR count). The van der Waals surface area contributed by atoms with Crippen molar-refractivity contribution in [3.8, 4) is 11.6 Å². The first-order chi connectivity index (χ1) is 8.29. The Kier molecular flexibility index (Phi) is 3.49. The first-order valence-electron chi connectivity index (χ1n) is 5.28. The zero-order valence-corrected chi connectivity index (χ0v) is 9.35. The fraction of sp³-hybridized carbons (Fsp3) is 0.167. The van der Waals surface area contributed by atoms with E-state index in [1.54, 1.807) is 18.3 Å². The van der Waals surface area contributed by atoms with Gasteiger partial charge in [-0.15, -0.1) is 0 Å². The number of nitrogens with one attached hydrogen (secondary N) is 1. The molecule has 0 aliphatic carbocycles. The molecule has 0 spiro atoms. The number of hydrogen-bond acceptors (Lipinski definition) is 4. The highest BCUT2D eigenvalue weighted by Gasteiger charge is 2.05. The smallest absolute Gasteiger partial charge is 0.239 e. The van der Waals surface area contributed by atoms with E-state index in [1.165, 1.54) is 18.3 Å². The lowest BCUT2D eigenvalue weighted by Crippen LogP contribution is -2.01. The van der Waals surface area contributed by atoms with E-state index in [0.717, 1.165) is 6.54 Å². The van der Waals surface area contributed by atoms with E-state index in [2.05, 4.69) is 15.3 Å². The number of aromatic nitrogens is 2. The molecule has 0 bridgehead atoms. The maximum atomic E-state index is 13.3. The van der Waals surface area contributed by atoms with E-state index in [-0.39, 0.29) is 11.6 Å². The number of rotatable bonds is 4. The largest absolute Gasteiger partial charge is 0.434 e. The average molecular weight is 233 g/mol. The van der Waals surface area contributed by atoms with Gasteiger partial charge in [-0.05, 0) is 19.1 Å². The van der Waals surface area contributed by atoms with Crippen molar-refractivity contribution < 1.29 is 9.13 Å². The summed E-state index contributed by atoms with van der Waals surface area (Å²) in [6, 6.07) is 6.16. The average Bonchev–Trinajstić information content (AvgIpc) is 2.33. The second kappa shape index (κ2) is 5.25. The van der Waals surface area contributed by atoms with E-state index < -0.39 is 5.82 Å². The van der Waals surface area contributed by atoms with Crippen LogP contribution in [0.25, 0.3) is 0 Å². The SMILES string of the molecule is CCNc1cncc(Oc2ccccc2F)n1. The quantitative estimate of drug-likeness (QED) is 0.882. The molecule has 0 aliphatic rings. The summed E-state index contributed by atoms with van der Waals surface area (Å²) in [7, 11) is 0. The van der Waals surface area contributed by atoms with E-state index in [1.807, 2.05) is 6.92 Å². The lowest BCUT2D eigenvalue weighted by atomic mass is 10.3. The van der Waals surface area contributed by atoms with Gasteiger partial charge >= 0.3 is 0 Å². The van der Waals surface area contributed by atoms with Gasteiger partial charge in [0.2, 0.25) is 5.88 Å². The fourth-order valence-electron chi connectivity index (χ4n) is 1.30. The molecule has 2 aromatic rings. The van der Waals surface area contributed by atoms with Gasteiger partial charge in [0.25, 0.3) is 0 Å². The van der Waals surface area contributed by atoms with E-state index in [0.29, 0.717) is 5.82 Å². The summed E-state index contributed by atoms with van der Waals surface area (Å²) < 4.78 is 18.6. The zero-order chi connectivity index (χ0) is 12.1. The predicted octanol–water partition coefficient (Wildman–Crippen LogP) is 2.84. The van der Waals surface area contributed by atoms with Gasteiger partial charge in [0.15, 0.2) is 11.6 Å².